The van der Waals surface area contributed by atoms with Crippen LogP contribution in [0.15, 0.2) is 0 Å². The minimum atomic E-state index is 1.05. The van der Waals surface area contributed by atoms with Crippen LogP contribution in [-0.4, -0.2) is 86.7 Å². The van der Waals surface area contributed by atoms with Crippen LogP contribution < -0.4 is 5.32 Å². The monoisotopic (exact) mass is 252 g/mol. The van der Waals surface area contributed by atoms with E-state index in [1.54, 1.807) is 0 Å². The summed E-state index contributed by atoms with van der Waals surface area (Å²) in [6.45, 7) is 13.9. The third kappa shape index (κ3) is 3.92. The minimum Gasteiger partial charge on any atom is -0.314 e. The highest BCUT2D eigenvalue weighted by atomic mass is 15.3. The van der Waals surface area contributed by atoms with E-state index in [4.69, 9.17) is 0 Å². The SMILES string of the molecule is C1CN(CCN2CCN(CC3CC3)CC2)CCN1. The molecule has 3 fully saturated rings. The quantitative estimate of drug-likeness (QED) is 0.739. The van der Waals surface area contributed by atoms with Crippen molar-refractivity contribution < 1.29 is 0 Å². The van der Waals surface area contributed by atoms with Crippen molar-refractivity contribution in [3.8, 4) is 0 Å². The number of hydrogen-bond donors (Lipinski definition) is 1. The topological polar surface area (TPSA) is 21.8 Å². The van der Waals surface area contributed by atoms with Crippen LogP contribution in [-0.2, 0) is 0 Å². The van der Waals surface area contributed by atoms with Crippen LogP contribution in [0.5, 0.6) is 0 Å². The van der Waals surface area contributed by atoms with E-state index in [2.05, 4.69) is 20.0 Å². The van der Waals surface area contributed by atoms with Gasteiger partial charge in [0.25, 0.3) is 0 Å². The van der Waals surface area contributed by atoms with Crippen LogP contribution in [0, 0.1) is 5.92 Å². The van der Waals surface area contributed by atoms with Gasteiger partial charge in [-0.2, -0.15) is 0 Å². The predicted molar refractivity (Wildman–Crippen MR) is 74.9 cm³/mol. The molecule has 0 aromatic heterocycles. The molecule has 0 atom stereocenters. The third-order valence-corrected chi connectivity index (χ3v) is 4.62. The third-order valence-electron chi connectivity index (χ3n) is 4.62. The first-order chi connectivity index (χ1) is 8.90. The van der Waals surface area contributed by atoms with Gasteiger partial charge >= 0.3 is 0 Å². The Morgan fingerprint density at radius 2 is 1.28 bits per heavy atom. The molecule has 1 saturated carbocycles. The molecular weight excluding hydrogens is 224 g/mol. The molecule has 18 heavy (non-hydrogen) atoms. The first-order valence-corrected chi connectivity index (χ1v) is 7.78. The van der Waals surface area contributed by atoms with E-state index in [0.717, 1.165) is 5.92 Å². The molecule has 2 saturated heterocycles. The number of nitrogens with zero attached hydrogens (tertiary/aromatic N) is 3. The van der Waals surface area contributed by atoms with Gasteiger partial charge in [0.05, 0.1) is 0 Å². The highest BCUT2D eigenvalue weighted by Gasteiger charge is 2.26. The molecule has 0 aromatic carbocycles. The summed E-state index contributed by atoms with van der Waals surface area (Å²) in [6.07, 6.45) is 2.98. The molecular formula is C14H28N4. The van der Waals surface area contributed by atoms with Crippen molar-refractivity contribution in [2.24, 2.45) is 5.92 Å². The Morgan fingerprint density at radius 3 is 1.89 bits per heavy atom. The number of rotatable bonds is 5. The fraction of sp³-hybridized carbons (Fsp3) is 1.00. The van der Waals surface area contributed by atoms with Crippen molar-refractivity contribution in [2.75, 3.05) is 72.0 Å². The van der Waals surface area contributed by atoms with Crippen molar-refractivity contribution in [1.82, 2.24) is 20.0 Å². The summed E-state index contributed by atoms with van der Waals surface area (Å²) in [5.41, 5.74) is 0. The van der Waals surface area contributed by atoms with Crippen LogP contribution in [0.1, 0.15) is 12.8 Å². The van der Waals surface area contributed by atoms with E-state index in [0.29, 0.717) is 0 Å². The first-order valence-electron chi connectivity index (χ1n) is 7.78. The smallest absolute Gasteiger partial charge is 0.0110 e. The second-order valence-corrected chi connectivity index (χ2v) is 6.18. The summed E-state index contributed by atoms with van der Waals surface area (Å²) in [7, 11) is 0. The lowest BCUT2D eigenvalue weighted by atomic mass is 10.2. The van der Waals surface area contributed by atoms with Crippen LogP contribution in [0.2, 0.25) is 0 Å². The Bertz CT molecular complexity index is 240. The molecule has 1 aliphatic carbocycles. The second-order valence-electron chi connectivity index (χ2n) is 6.18. The zero-order chi connectivity index (χ0) is 12.2. The maximum absolute atomic E-state index is 3.42. The normalized spacial score (nSPS) is 28.7. The van der Waals surface area contributed by atoms with E-state index < -0.39 is 0 Å². The molecule has 104 valence electrons. The fourth-order valence-electron chi connectivity index (χ4n) is 3.08. The van der Waals surface area contributed by atoms with Gasteiger partial charge in [-0.25, -0.2) is 0 Å². The van der Waals surface area contributed by atoms with E-state index >= 15 is 0 Å². The molecule has 4 heteroatoms. The maximum Gasteiger partial charge on any atom is 0.0110 e. The van der Waals surface area contributed by atoms with Gasteiger partial charge in [-0.05, 0) is 18.8 Å². The molecule has 0 spiro atoms. The molecule has 0 amide bonds. The summed E-state index contributed by atoms with van der Waals surface area (Å²) >= 11 is 0. The van der Waals surface area contributed by atoms with E-state index in [1.807, 2.05) is 0 Å². The molecule has 0 radical (unpaired) electrons. The summed E-state index contributed by atoms with van der Waals surface area (Å²) in [5, 5.41) is 3.42. The molecule has 3 aliphatic rings. The van der Waals surface area contributed by atoms with Crippen LogP contribution in [0.25, 0.3) is 0 Å². The standard InChI is InChI=1S/C14H28N4/c1-2-14(1)13-18-11-9-17(10-12-18)8-7-16-5-3-15-4-6-16/h14-15H,1-13H2. The summed E-state index contributed by atoms with van der Waals surface area (Å²) in [5.74, 6) is 1.05. The van der Waals surface area contributed by atoms with Crippen molar-refractivity contribution >= 4 is 0 Å². The molecule has 2 heterocycles. The molecule has 1 N–H and O–H groups in total. The van der Waals surface area contributed by atoms with Gasteiger partial charge < -0.3 is 10.2 Å². The molecule has 2 aliphatic heterocycles. The van der Waals surface area contributed by atoms with E-state index in [1.165, 1.54) is 84.8 Å². The number of piperazine rings is 2. The zero-order valence-corrected chi connectivity index (χ0v) is 11.6. The van der Waals surface area contributed by atoms with E-state index in [-0.39, 0.29) is 0 Å². The lowest BCUT2D eigenvalue weighted by Gasteiger charge is -2.36. The fourth-order valence-corrected chi connectivity index (χ4v) is 3.08. The molecule has 0 bridgehead atoms. The first kappa shape index (κ1) is 12.9. The van der Waals surface area contributed by atoms with Crippen molar-refractivity contribution in [1.29, 1.82) is 0 Å². The van der Waals surface area contributed by atoms with Crippen molar-refractivity contribution in [2.45, 2.75) is 12.8 Å². The Labute approximate surface area is 111 Å². The molecule has 4 nitrogen and oxygen atoms in total. The Balaban J connectivity index is 1.29. The number of nitrogens with one attached hydrogen (secondary N) is 1. The number of hydrogen-bond acceptors (Lipinski definition) is 4. The molecule has 3 rings (SSSR count). The van der Waals surface area contributed by atoms with Gasteiger partial charge in [0, 0.05) is 72.0 Å². The predicted octanol–water partition coefficient (Wildman–Crippen LogP) is -0.0808. The van der Waals surface area contributed by atoms with Crippen LogP contribution in [0.3, 0.4) is 0 Å². The van der Waals surface area contributed by atoms with Gasteiger partial charge in [0.1, 0.15) is 0 Å². The van der Waals surface area contributed by atoms with Gasteiger partial charge in [0.15, 0.2) is 0 Å². The Kier molecular flexibility index (Phi) is 4.52. The largest absolute Gasteiger partial charge is 0.314 e. The highest BCUT2D eigenvalue weighted by molar-refractivity contribution is 4.81. The summed E-state index contributed by atoms with van der Waals surface area (Å²) < 4.78 is 0. The average Bonchev–Trinajstić information content (AvgIpc) is 3.23. The lowest BCUT2D eigenvalue weighted by molar-refractivity contribution is 0.112. The maximum atomic E-state index is 3.42. The minimum absolute atomic E-state index is 1.05. The van der Waals surface area contributed by atoms with Gasteiger partial charge in [-0.3, -0.25) is 9.80 Å². The van der Waals surface area contributed by atoms with Crippen LogP contribution >= 0.6 is 0 Å². The highest BCUT2D eigenvalue weighted by Crippen LogP contribution is 2.29. The van der Waals surface area contributed by atoms with Gasteiger partial charge in [-0.15, -0.1) is 0 Å². The Hall–Kier alpha value is -0.160. The zero-order valence-electron chi connectivity index (χ0n) is 11.6. The van der Waals surface area contributed by atoms with Gasteiger partial charge in [0.2, 0.25) is 0 Å². The van der Waals surface area contributed by atoms with Crippen molar-refractivity contribution in [3.63, 3.8) is 0 Å². The lowest BCUT2D eigenvalue weighted by Crippen LogP contribution is -2.50. The van der Waals surface area contributed by atoms with Gasteiger partial charge in [-0.1, -0.05) is 0 Å². The van der Waals surface area contributed by atoms with E-state index in [9.17, 15) is 0 Å². The summed E-state index contributed by atoms with van der Waals surface area (Å²) in [4.78, 5) is 7.94. The summed E-state index contributed by atoms with van der Waals surface area (Å²) in [6, 6.07) is 0. The second kappa shape index (κ2) is 6.33. The Morgan fingerprint density at radius 1 is 0.722 bits per heavy atom. The van der Waals surface area contributed by atoms with Crippen molar-refractivity contribution in [3.05, 3.63) is 0 Å². The average molecular weight is 252 g/mol. The van der Waals surface area contributed by atoms with Crippen LogP contribution in [0.4, 0.5) is 0 Å². The molecule has 0 aromatic rings. The molecule has 0 unspecified atom stereocenters.